The molecule has 0 aliphatic heterocycles. The summed E-state index contributed by atoms with van der Waals surface area (Å²) in [6.07, 6.45) is 0. The first-order chi connectivity index (χ1) is 11.1. The number of carbonyl (C=O) groups is 1. The zero-order chi connectivity index (χ0) is 16.5. The molecule has 0 aromatic heterocycles. The minimum atomic E-state index is 0.103. The smallest absolute Gasteiger partial charge is 0.230 e. The number of hydrogen-bond donors (Lipinski definition) is 1. The van der Waals surface area contributed by atoms with E-state index in [0.717, 1.165) is 22.9 Å². The van der Waals surface area contributed by atoms with Crippen LogP contribution in [0.4, 0.5) is 0 Å². The van der Waals surface area contributed by atoms with E-state index in [9.17, 15) is 4.79 Å². The summed E-state index contributed by atoms with van der Waals surface area (Å²) in [5.41, 5.74) is 3.88. The Hall–Kier alpha value is -1.39. The minimum Gasteiger partial charge on any atom is -0.355 e. The van der Waals surface area contributed by atoms with Gasteiger partial charge in [0.2, 0.25) is 5.91 Å². The Morgan fingerprint density at radius 1 is 1.04 bits per heavy atom. The van der Waals surface area contributed by atoms with Crippen LogP contribution in [-0.4, -0.2) is 24.0 Å². The van der Waals surface area contributed by atoms with Gasteiger partial charge in [-0.2, -0.15) is 11.8 Å². The second kappa shape index (κ2) is 9.68. The molecule has 1 N–H and O–H groups in total. The Bertz CT molecular complexity index is 626. The second-order valence-corrected chi connectivity index (χ2v) is 7.65. The lowest BCUT2D eigenvalue weighted by Crippen LogP contribution is -2.27. The van der Waals surface area contributed by atoms with E-state index in [1.807, 2.05) is 11.8 Å². The molecule has 0 atom stereocenters. The lowest BCUT2D eigenvalue weighted by atomic mass is 10.2. The van der Waals surface area contributed by atoms with E-state index in [1.54, 1.807) is 11.8 Å². The quantitative estimate of drug-likeness (QED) is 0.566. The number of amides is 1. The van der Waals surface area contributed by atoms with Gasteiger partial charge in [0.15, 0.2) is 0 Å². The van der Waals surface area contributed by atoms with Crippen molar-refractivity contribution in [1.29, 1.82) is 0 Å². The first kappa shape index (κ1) is 18.0. The van der Waals surface area contributed by atoms with E-state index < -0.39 is 0 Å². The minimum absolute atomic E-state index is 0.103. The van der Waals surface area contributed by atoms with E-state index in [0.29, 0.717) is 5.75 Å². The van der Waals surface area contributed by atoms with Crippen LogP contribution < -0.4 is 5.32 Å². The number of aryl methyl sites for hydroxylation is 2. The van der Waals surface area contributed by atoms with Crippen molar-refractivity contribution in [2.45, 2.75) is 24.5 Å². The molecule has 2 rings (SSSR count). The third-order valence-corrected chi connectivity index (χ3v) is 5.35. The number of nitrogens with one attached hydrogen (secondary N) is 1. The van der Waals surface area contributed by atoms with Gasteiger partial charge in [0.1, 0.15) is 0 Å². The lowest BCUT2D eigenvalue weighted by Gasteiger charge is -2.06. The predicted molar refractivity (Wildman–Crippen MR) is 102 cm³/mol. The summed E-state index contributed by atoms with van der Waals surface area (Å²) in [5.74, 6) is 2.52. The number of carbonyl (C=O) groups excluding carboxylic acids is 1. The molecular weight excluding hydrogens is 322 g/mol. The zero-order valence-corrected chi connectivity index (χ0v) is 15.3. The molecule has 122 valence electrons. The lowest BCUT2D eigenvalue weighted by molar-refractivity contribution is -0.118. The highest BCUT2D eigenvalue weighted by atomic mass is 32.2. The molecule has 0 bridgehead atoms. The molecular formula is C19H23NOS2. The Kier molecular flexibility index (Phi) is 7.56. The van der Waals surface area contributed by atoms with Crippen LogP contribution in [0.15, 0.2) is 53.4 Å². The summed E-state index contributed by atoms with van der Waals surface area (Å²) in [4.78, 5) is 13.0. The highest BCUT2D eigenvalue weighted by Crippen LogP contribution is 2.17. The van der Waals surface area contributed by atoms with Crippen molar-refractivity contribution >= 4 is 29.4 Å². The summed E-state index contributed by atoms with van der Waals surface area (Å²) < 4.78 is 0. The Morgan fingerprint density at radius 3 is 2.57 bits per heavy atom. The number of benzene rings is 2. The van der Waals surface area contributed by atoms with Crippen molar-refractivity contribution in [2.75, 3.05) is 18.1 Å². The maximum Gasteiger partial charge on any atom is 0.230 e. The molecule has 0 radical (unpaired) electrons. The summed E-state index contributed by atoms with van der Waals surface area (Å²) in [7, 11) is 0. The third kappa shape index (κ3) is 7.14. The summed E-state index contributed by atoms with van der Waals surface area (Å²) >= 11 is 3.43. The van der Waals surface area contributed by atoms with Gasteiger partial charge in [-0.15, -0.1) is 11.8 Å². The molecule has 1 amide bonds. The van der Waals surface area contributed by atoms with Crippen LogP contribution in [0.25, 0.3) is 0 Å². The Balaban J connectivity index is 1.57. The Labute approximate surface area is 147 Å². The first-order valence-corrected chi connectivity index (χ1v) is 9.87. The fourth-order valence-electron chi connectivity index (χ4n) is 2.09. The normalized spacial score (nSPS) is 10.5. The van der Waals surface area contributed by atoms with Gasteiger partial charge in [-0.05, 0) is 31.5 Å². The van der Waals surface area contributed by atoms with Gasteiger partial charge in [-0.3, -0.25) is 4.79 Å². The van der Waals surface area contributed by atoms with Crippen molar-refractivity contribution in [1.82, 2.24) is 5.32 Å². The topological polar surface area (TPSA) is 29.1 Å². The van der Waals surface area contributed by atoms with Gasteiger partial charge in [-0.25, -0.2) is 0 Å². The van der Waals surface area contributed by atoms with Crippen molar-refractivity contribution < 1.29 is 4.79 Å². The molecule has 0 aliphatic rings. The zero-order valence-electron chi connectivity index (χ0n) is 13.7. The molecule has 23 heavy (non-hydrogen) atoms. The average Bonchev–Trinajstić information content (AvgIpc) is 2.54. The molecule has 2 aromatic carbocycles. The second-order valence-electron chi connectivity index (χ2n) is 5.49. The van der Waals surface area contributed by atoms with Crippen LogP contribution in [0, 0.1) is 13.8 Å². The molecule has 0 saturated carbocycles. The number of thioether (sulfide) groups is 2. The van der Waals surface area contributed by atoms with Crippen molar-refractivity contribution in [3.63, 3.8) is 0 Å². The highest BCUT2D eigenvalue weighted by molar-refractivity contribution is 8.00. The van der Waals surface area contributed by atoms with Crippen LogP contribution in [-0.2, 0) is 10.5 Å². The molecule has 2 aromatic rings. The maximum absolute atomic E-state index is 11.8. The van der Waals surface area contributed by atoms with Gasteiger partial charge in [0.05, 0.1) is 5.75 Å². The van der Waals surface area contributed by atoms with Crippen LogP contribution in [0.1, 0.15) is 16.7 Å². The molecule has 0 spiro atoms. The van der Waals surface area contributed by atoms with Crippen molar-refractivity contribution in [2.24, 2.45) is 0 Å². The molecule has 0 saturated heterocycles. The SMILES string of the molecule is Cc1ccc(SCC(=O)NCCSCc2cccc(C)c2)cc1. The maximum atomic E-state index is 11.8. The number of hydrogen-bond acceptors (Lipinski definition) is 3. The largest absolute Gasteiger partial charge is 0.355 e. The fraction of sp³-hybridized carbons (Fsp3) is 0.316. The molecule has 0 fully saturated rings. The van der Waals surface area contributed by atoms with Crippen molar-refractivity contribution in [3.05, 3.63) is 65.2 Å². The standard InChI is InChI=1S/C19H23NOS2/c1-15-6-8-18(9-7-15)23-14-19(21)20-10-11-22-13-17-5-3-4-16(2)12-17/h3-9,12H,10-11,13-14H2,1-2H3,(H,20,21). The van der Waals surface area contributed by atoms with E-state index in [2.05, 4.69) is 67.7 Å². The predicted octanol–water partition coefficient (Wildman–Crippen LogP) is 4.45. The monoisotopic (exact) mass is 345 g/mol. The summed E-state index contributed by atoms with van der Waals surface area (Å²) in [5, 5.41) is 2.98. The molecule has 2 nitrogen and oxygen atoms in total. The van der Waals surface area contributed by atoms with Crippen LogP contribution >= 0.6 is 23.5 Å². The van der Waals surface area contributed by atoms with Crippen LogP contribution in [0.3, 0.4) is 0 Å². The highest BCUT2D eigenvalue weighted by Gasteiger charge is 2.02. The van der Waals surface area contributed by atoms with Gasteiger partial charge < -0.3 is 5.32 Å². The van der Waals surface area contributed by atoms with Crippen molar-refractivity contribution in [3.8, 4) is 0 Å². The van der Waals surface area contributed by atoms with Gasteiger partial charge >= 0.3 is 0 Å². The first-order valence-electron chi connectivity index (χ1n) is 7.73. The van der Waals surface area contributed by atoms with Gasteiger partial charge in [-0.1, -0.05) is 47.5 Å². The van der Waals surface area contributed by atoms with E-state index >= 15 is 0 Å². The van der Waals surface area contributed by atoms with Crippen LogP contribution in [0.2, 0.25) is 0 Å². The molecule has 0 aliphatic carbocycles. The average molecular weight is 346 g/mol. The van der Waals surface area contributed by atoms with E-state index in [-0.39, 0.29) is 5.91 Å². The van der Waals surface area contributed by atoms with E-state index in [4.69, 9.17) is 0 Å². The third-order valence-electron chi connectivity index (χ3n) is 3.31. The van der Waals surface area contributed by atoms with Gasteiger partial charge in [0, 0.05) is 22.9 Å². The number of rotatable bonds is 8. The van der Waals surface area contributed by atoms with E-state index in [1.165, 1.54) is 16.7 Å². The Morgan fingerprint density at radius 2 is 1.83 bits per heavy atom. The summed E-state index contributed by atoms with van der Waals surface area (Å²) in [6, 6.07) is 16.8. The van der Waals surface area contributed by atoms with Crippen LogP contribution in [0.5, 0.6) is 0 Å². The molecule has 0 heterocycles. The molecule has 0 unspecified atom stereocenters. The van der Waals surface area contributed by atoms with Gasteiger partial charge in [0.25, 0.3) is 0 Å². The summed E-state index contributed by atoms with van der Waals surface area (Å²) in [6.45, 7) is 4.90. The molecule has 4 heteroatoms. The fourth-order valence-corrected chi connectivity index (χ4v) is 3.62.